The summed E-state index contributed by atoms with van der Waals surface area (Å²) in [7, 11) is 4.66. The molecule has 2 aromatic carbocycles. The molecule has 1 aliphatic heterocycles. The first kappa shape index (κ1) is 23.9. The van der Waals surface area contributed by atoms with E-state index in [1.165, 1.54) is 0 Å². The largest absolute Gasteiger partial charge is 0.493 e. The molecule has 1 amide bonds. The van der Waals surface area contributed by atoms with Gasteiger partial charge in [0.25, 0.3) is 5.91 Å². The molecule has 34 heavy (non-hydrogen) atoms. The van der Waals surface area contributed by atoms with Gasteiger partial charge < -0.3 is 28.4 Å². The van der Waals surface area contributed by atoms with Gasteiger partial charge in [0, 0.05) is 35.4 Å². The Kier molecular flexibility index (Phi) is 7.59. The molecule has 0 bridgehead atoms. The monoisotopic (exact) mass is 486 g/mol. The minimum absolute atomic E-state index is 0.00210. The van der Waals surface area contributed by atoms with Gasteiger partial charge in [0.15, 0.2) is 17.3 Å². The fourth-order valence-electron chi connectivity index (χ4n) is 3.97. The molecular formula is C25H27ClN2O6. The molecule has 0 aliphatic carbocycles. The molecule has 0 unspecified atom stereocenters. The topological polar surface area (TPSA) is 83.3 Å². The summed E-state index contributed by atoms with van der Waals surface area (Å²) in [5, 5.41) is 4.78. The van der Waals surface area contributed by atoms with E-state index in [4.69, 9.17) is 35.1 Å². The fraction of sp³-hybridized carbons (Fsp3) is 0.360. The first-order valence-corrected chi connectivity index (χ1v) is 11.3. The average Bonchev–Trinajstić information content (AvgIpc) is 3.55. The summed E-state index contributed by atoms with van der Waals surface area (Å²) in [5.41, 5.74) is 1.88. The molecule has 3 aromatic rings. The summed E-state index contributed by atoms with van der Waals surface area (Å²) in [6.07, 6.45) is 1.90. The summed E-state index contributed by atoms with van der Waals surface area (Å²) < 4.78 is 27.6. The molecule has 9 heteroatoms. The third-order valence-electron chi connectivity index (χ3n) is 5.69. The maximum absolute atomic E-state index is 13.3. The second-order valence-corrected chi connectivity index (χ2v) is 8.36. The van der Waals surface area contributed by atoms with E-state index in [-0.39, 0.29) is 18.6 Å². The third-order valence-corrected chi connectivity index (χ3v) is 5.94. The zero-order valence-corrected chi connectivity index (χ0v) is 20.1. The Hall–Kier alpha value is -3.23. The van der Waals surface area contributed by atoms with Gasteiger partial charge in [0.1, 0.15) is 5.69 Å². The van der Waals surface area contributed by atoms with Crippen molar-refractivity contribution >= 4 is 17.5 Å². The number of amides is 1. The van der Waals surface area contributed by atoms with Gasteiger partial charge in [-0.25, -0.2) is 0 Å². The van der Waals surface area contributed by atoms with Gasteiger partial charge in [-0.3, -0.25) is 4.79 Å². The Bertz CT molecular complexity index is 1100. The number of hydrogen-bond donors (Lipinski definition) is 0. The van der Waals surface area contributed by atoms with Crippen LogP contribution in [-0.4, -0.2) is 56.5 Å². The molecule has 2 heterocycles. The van der Waals surface area contributed by atoms with Crippen molar-refractivity contribution in [3.63, 3.8) is 0 Å². The molecular weight excluding hydrogens is 460 g/mol. The summed E-state index contributed by atoms with van der Waals surface area (Å²) in [6, 6.07) is 12.2. The molecule has 1 fully saturated rings. The molecule has 4 rings (SSSR count). The van der Waals surface area contributed by atoms with Crippen LogP contribution in [0.5, 0.6) is 17.2 Å². The number of nitrogens with zero attached hydrogens (tertiary/aromatic N) is 2. The van der Waals surface area contributed by atoms with E-state index in [1.807, 2.05) is 0 Å². The molecule has 0 spiro atoms. The van der Waals surface area contributed by atoms with Crippen LogP contribution < -0.4 is 14.2 Å². The van der Waals surface area contributed by atoms with E-state index in [2.05, 4.69) is 5.16 Å². The van der Waals surface area contributed by atoms with Crippen LogP contribution in [0.2, 0.25) is 5.02 Å². The second-order valence-electron chi connectivity index (χ2n) is 7.92. The lowest BCUT2D eigenvalue weighted by molar-refractivity contribution is 0.0502. The minimum atomic E-state index is -0.121. The summed E-state index contributed by atoms with van der Waals surface area (Å²) in [6.45, 7) is 1.45. The average molecular weight is 487 g/mol. The molecule has 8 nitrogen and oxygen atoms in total. The zero-order chi connectivity index (χ0) is 24.1. The Labute approximate surface area is 203 Å². The zero-order valence-electron chi connectivity index (χ0n) is 19.4. The molecule has 1 aliphatic rings. The number of aromatic nitrogens is 1. The van der Waals surface area contributed by atoms with E-state index in [9.17, 15) is 4.79 Å². The molecule has 1 saturated heterocycles. The van der Waals surface area contributed by atoms with Crippen LogP contribution in [0.25, 0.3) is 11.3 Å². The fourth-order valence-corrected chi connectivity index (χ4v) is 4.10. The first-order chi connectivity index (χ1) is 16.5. The number of ether oxygens (including phenoxy) is 4. The van der Waals surface area contributed by atoms with Gasteiger partial charge in [0.05, 0.1) is 34.0 Å². The second kappa shape index (κ2) is 10.8. The minimum Gasteiger partial charge on any atom is -0.493 e. The van der Waals surface area contributed by atoms with Crippen LogP contribution in [0.3, 0.4) is 0 Å². The lowest BCUT2D eigenvalue weighted by Gasteiger charge is -2.24. The van der Waals surface area contributed by atoms with Crippen LogP contribution >= 0.6 is 11.6 Å². The number of benzene rings is 2. The van der Waals surface area contributed by atoms with E-state index < -0.39 is 0 Å². The van der Waals surface area contributed by atoms with Gasteiger partial charge >= 0.3 is 0 Å². The van der Waals surface area contributed by atoms with E-state index in [0.29, 0.717) is 58.0 Å². The highest BCUT2D eigenvalue weighted by Crippen LogP contribution is 2.41. The maximum Gasteiger partial charge on any atom is 0.254 e. The number of hydrogen-bond acceptors (Lipinski definition) is 7. The first-order valence-electron chi connectivity index (χ1n) is 10.9. The van der Waals surface area contributed by atoms with Crippen molar-refractivity contribution in [3.8, 4) is 28.6 Å². The predicted molar refractivity (Wildman–Crippen MR) is 127 cm³/mol. The molecule has 0 saturated carbocycles. The van der Waals surface area contributed by atoms with Crippen molar-refractivity contribution < 1.29 is 28.3 Å². The smallest absolute Gasteiger partial charge is 0.254 e. The van der Waals surface area contributed by atoms with Crippen molar-refractivity contribution in [1.82, 2.24) is 10.1 Å². The number of carbonyl (C=O) groups excluding carboxylic acids is 1. The lowest BCUT2D eigenvalue weighted by Crippen LogP contribution is -2.37. The van der Waals surface area contributed by atoms with Crippen molar-refractivity contribution in [2.24, 2.45) is 0 Å². The third kappa shape index (κ3) is 5.29. The van der Waals surface area contributed by atoms with Crippen LogP contribution in [0.4, 0.5) is 0 Å². The van der Waals surface area contributed by atoms with Gasteiger partial charge in [-0.05, 0) is 49.2 Å². The highest BCUT2D eigenvalue weighted by Gasteiger charge is 2.25. The van der Waals surface area contributed by atoms with E-state index >= 15 is 0 Å². The van der Waals surface area contributed by atoms with Crippen LogP contribution in [0, 0.1) is 0 Å². The number of halogens is 1. The van der Waals surface area contributed by atoms with Crippen molar-refractivity contribution in [1.29, 1.82) is 0 Å². The van der Waals surface area contributed by atoms with Gasteiger partial charge in [0.2, 0.25) is 5.75 Å². The van der Waals surface area contributed by atoms with Crippen molar-refractivity contribution in [2.45, 2.75) is 25.5 Å². The summed E-state index contributed by atoms with van der Waals surface area (Å²) >= 11 is 5.99. The van der Waals surface area contributed by atoms with E-state index in [1.54, 1.807) is 68.7 Å². The van der Waals surface area contributed by atoms with Crippen LogP contribution in [-0.2, 0) is 11.3 Å². The summed E-state index contributed by atoms with van der Waals surface area (Å²) in [5.74, 6) is 1.90. The highest BCUT2D eigenvalue weighted by atomic mass is 35.5. The Morgan fingerprint density at radius 3 is 2.38 bits per heavy atom. The Morgan fingerprint density at radius 1 is 1.09 bits per heavy atom. The van der Waals surface area contributed by atoms with Gasteiger partial charge in [-0.1, -0.05) is 16.8 Å². The highest BCUT2D eigenvalue weighted by molar-refractivity contribution is 6.30. The Balaban J connectivity index is 1.59. The van der Waals surface area contributed by atoms with Gasteiger partial charge in [-0.15, -0.1) is 0 Å². The number of rotatable bonds is 9. The molecule has 1 atom stereocenters. The molecule has 0 N–H and O–H groups in total. The SMILES string of the molecule is COc1cc(-c2cc(CN(C[C@H]3CCCO3)C(=O)c3ccc(Cl)cc3)no2)cc(OC)c1OC. The van der Waals surface area contributed by atoms with Crippen molar-refractivity contribution in [2.75, 3.05) is 34.5 Å². The van der Waals surface area contributed by atoms with E-state index in [0.717, 1.165) is 12.8 Å². The quantitative estimate of drug-likeness (QED) is 0.428. The van der Waals surface area contributed by atoms with Crippen LogP contribution in [0.1, 0.15) is 28.9 Å². The standard InChI is InChI=1S/C25H27ClN2O6/c1-30-22-11-17(12-23(31-2)24(22)32-3)21-13-19(27-34-21)14-28(15-20-5-4-10-33-20)25(29)16-6-8-18(26)9-7-16/h6-9,11-13,20H,4-5,10,14-15H2,1-3H3/t20-/m1/s1. The van der Waals surface area contributed by atoms with Crippen LogP contribution in [0.15, 0.2) is 47.0 Å². The number of carbonyl (C=O) groups is 1. The van der Waals surface area contributed by atoms with Gasteiger partial charge in [-0.2, -0.15) is 0 Å². The van der Waals surface area contributed by atoms with Crippen molar-refractivity contribution in [3.05, 3.63) is 58.7 Å². The molecule has 180 valence electrons. The normalized spacial score (nSPS) is 15.2. The predicted octanol–water partition coefficient (Wildman–Crippen LogP) is 4.84. The molecule has 1 aromatic heterocycles. The summed E-state index contributed by atoms with van der Waals surface area (Å²) in [4.78, 5) is 15.0. The lowest BCUT2D eigenvalue weighted by atomic mass is 10.1. The maximum atomic E-state index is 13.3. The molecule has 0 radical (unpaired) electrons. The Morgan fingerprint density at radius 2 is 1.79 bits per heavy atom. The number of methoxy groups -OCH3 is 3.